The number of hydrogen-bond acceptors (Lipinski definition) is 3. The third kappa shape index (κ3) is 6.23. The molecule has 1 aromatic carbocycles. The molecule has 1 heterocycles. The number of likely N-dealkylation sites (tertiary alicyclic amines) is 1. The predicted molar refractivity (Wildman–Crippen MR) is 124 cm³/mol. The lowest BCUT2D eigenvalue weighted by atomic mass is 9.83. The van der Waals surface area contributed by atoms with Crippen molar-refractivity contribution in [1.82, 2.24) is 10.2 Å². The Balaban J connectivity index is 1.62. The summed E-state index contributed by atoms with van der Waals surface area (Å²) >= 11 is 0. The van der Waals surface area contributed by atoms with Gasteiger partial charge in [0.15, 0.2) is 0 Å². The van der Waals surface area contributed by atoms with Crippen molar-refractivity contribution in [2.45, 2.75) is 84.1 Å². The van der Waals surface area contributed by atoms with E-state index in [1.807, 2.05) is 20.8 Å². The minimum atomic E-state index is -0.327. The van der Waals surface area contributed by atoms with Crippen LogP contribution in [0.4, 0.5) is 0 Å². The third-order valence-electron chi connectivity index (χ3n) is 7.13. The van der Waals surface area contributed by atoms with E-state index in [1.54, 1.807) is 7.11 Å². The highest BCUT2D eigenvalue weighted by Gasteiger charge is 2.30. The molecule has 1 unspecified atom stereocenters. The third-order valence-corrected chi connectivity index (χ3v) is 7.13. The fraction of sp³-hybridized carbons (Fsp3) is 0.731. The molecule has 1 saturated carbocycles. The van der Waals surface area contributed by atoms with Gasteiger partial charge in [-0.15, -0.1) is 0 Å². The monoisotopic (exact) mass is 414 g/mol. The number of carbonyl (C=O) groups excluding carboxylic acids is 1. The largest absolute Gasteiger partial charge is 0.496 e. The minimum Gasteiger partial charge on any atom is -0.496 e. The fourth-order valence-electron chi connectivity index (χ4n) is 5.22. The number of nitrogens with one attached hydrogen (secondary N) is 1. The molecular formula is C26H42N2O2. The maximum absolute atomic E-state index is 12.5. The molecule has 1 saturated heterocycles. The summed E-state index contributed by atoms with van der Waals surface area (Å²) in [7, 11) is 1.77. The lowest BCUT2D eigenvalue weighted by Crippen LogP contribution is -2.49. The van der Waals surface area contributed by atoms with Gasteiger partial charge in [0.2, 0.25) is 5.91 Å². The molecule has 1 N–H and O–H groups in total. The lowest BCUT2D eigenvalue weighted by Gasteiger charge is -2.40. The Labute approximate surface area is 183 Å². The van der Waals surface area contributed by atoms with Crippen molar-refractivity contribution in [2.75, 3.05) is 26.7 Å². The molecule has 0 aromatic heterocycles. The van der Waals surface area contributed by atoms with Gasteiger partial charge in [0, 0.05) is 18.0 Å². The van der Waals surface area contributed by atoms with Crippen LogP contribution in [0.2, 0.25) is 0 Å². The normalized spacial score (nSPS) is 20.7. The number of hydrogen-bond donors (Lipinski definition) is 1. The molecule has 3 rings (SSSR count). The zero-order valence-corrected chi connectivity index (χ0v) is 19.6. The number of benzene rings is 1. The van der Waals surface area contributed by atoms with Crippen LogP contribution in [0.1, 0.15) is 83.6 Å². The molecule has 4 nitrogen and oxygen atoms in total. The van der Waals surface area contributed by atoms with Crippen molar-refractivity contribution in [1.29, 1.82) is 0 Å². The van der Waals surface area contributed by atoms with Crippen LogP contribution >= 0.6 is 0 Å². The van der Waals surface area contributed by atoms with Crippen LogP contribution in [0.3, 0.4) is 0 Å². The molecule has 2 aliphatic rings. The Hall–Kier alpha value is -1.55. The number of amides is 1. The lowest BCUT2D eigenvalue weighted by molar-refractivity contribution is -0.128. The van der Waals surface area contributed by atoms with Crippen molar-refractivity contribution in [3.63, 3.8) is 0 Å². The fourth-order valence-corrected chi connectivity index (χ4v) is 5.22. The standard InChI is InChI=1S/C26H42N2O2/c1-26(2,3)25(29)27-19-22(18-20-10-6-5-7-11-20)28-16-14-21(15-17-28)23-12-8-9-13-24(23)30-4/h8-9,12-13,20-22H,5-7,10-11,14-19H2,1-4H3,(H,27,29). The smallest absolute Gasteiger partial charge is 0.225 e. The minimum absolute atomic E-state index is 0.167. The van der Waals surface area contributed by atoms with E-state index in [9.17, 15) is 4.79 Å². The quantitative estimate of drug-likeness (QED) is 0.652. The molecule has 2 fully saturated rings. The van der Waals surface area contributed by atoms with Crippen LogP contribution in [0.5, 0.6) is 5.75 Å². The summed E-state index contributed by atoms with van der Waals surface area (Å²) in [5, 5.41) is 3.27. The van der Waals surface area contributed by atoms with Gasteiger partial charge in [-0.05, 0) is 55.8 Å². The Kier molecular flexibility index (Phi) is 8.21. The van der Waals surface area contributed by atoms with Gasteiger partial charge in [0.1, 0.15) is 5.75 Å². The van der Waals surface area contributed by atoms with Crippen LogP contribution < -0.4 is 10.1 Å². The van der Waals surface area contributed by atoms with Crippen LogP contribution in [-0.4, -0.2) is 43.6 Å². The molecule has 4 heteroatoms. The number of piperidine rings is 1. The Morgan fingerprint density at radius 1 is 1.10 bits per heavy atom. The summed E-state index contributed by atoms with van der Waals surface area (Å²) < 4.78 is 5.61. The maximum Gasteiger partial charge on any atom is 0.225 e. The molecule has 1 amide bonds. The van der Waals surface area contributed by atoms with Gasteiger partial charge in [-0.25, -0.2) is 0 Å². The number of para-hydroxylation sites is 1. The van der Waals surface area contributed by atoms with Gasteiger partial charge in [0.05, 0.1) is 7.11 Å². The van der Waals surface area contributed by atoms with E-state index in [2.05, 4.69) is 34.5 Å². The van der Waals surface area contributed by atoms with Crippen LogP contribution in [0.15, 0.2) is 24.3 Å². The topological polar surface area (TPSA) is 41.6 Å². The molecule has 30 heavy (non-hydrogen) atoms. The maximum atomic E-state index is 12.5. The second-order valence-electron chi connectivity index (χ2n) is 10.4. The van der Waals surface area contributed by atoms with Gasteiger partial charge in [-0.2, -0.15) is 0 Å². The highest BCUT2D eigenvalue weighted by Crippen LogP contribution is 2.36. The number of ether oxygens (including phenoxy) is 1. The zero-order chi connectivity index (χ0) is 21.6. The number of rotatable bonds is 7. The van der Waals surface area contributed by atoms with E-state index >= 15 is 0 Å². The van der Waals surface area contributed by atoms with E-state index in [-0.39, 0.29) is 11.3 Å². The predicted octanol–water partition coefficient (Wildman–Crippen LogP) is 5.38. The van der Waals surface area contributed by atoms with Gasteiger partial charge in [-0.3, -0.25) is 9.69 Å². The summed E-state index contributed by atoms with van der Waals surface area (Å²) in [4.78, 5) is 15.2. The molecule has 0 bridgehead atoms. The van der Waals surface area contributed by atoms with E-state index in [0.29, 0.717) is 12.0 Å². The van der Waals surface area contributed by atoms with Crippen molar-refractivity contribution < 1.29 is 9.53 Å². The zero-order valence-electron chi connectivity index (χ0n) is 19.6. The van der Waals surface area contributed by atoms with Gasteiger partial charge < -0.3 is 10.1 Å². The molecule has 1 aromatic rings. The molecule has 168 valence electrons. The van der Waals surface area contributed by atoms with E-state index in [1.165, 1.54) is 44.1 Å². The van der Waals surface area contributed by atoms with Gasteiger partial charge in [-0.1, -0.05) is 71.1 Å². The van der Waals surface area contributed by atoms with Gasteiger partial charge >= 0.3 is 0 Å². The summed E-state index contributed by atoms with van der Waals surface area (Å²) in [6.07, 6.45) is 10.4. The number of methoxy groups -OCH3 is 1. The highest BCUT2D eigenvalue weighted by molar-refractivity contribution is 5.81. The van der Waals surface area contributed by atoms with E-state index in [4.69, 9.17) is 4.74 Å². The van der Waals surface area contributed by atoms with Crippen LogP contribution in [-0.2, 0) is 4.79 Å². The molecule has 0 radical (unpaired) electrons. The van der Waals surface area contributed by atoms with Crippen LogP contribution in [0.25, 0.3) is 0 Å². The SMILES string of the molecule is COc1ccccc1C1CCN(C(CNC(=O)C(C)(C)C)CC2CCCCC2)CC1. The highest BCUT2D eigenvalue weighted by atomic mass is 16.5. The summed E-state index contributed by atoms with van der Waals surface area (Å²) in [5.41, 5.74) is 1.02. The van der Waals surface area contributed by atoms with Crippen molar-refractivity contribution in [3.8, 4) is 5.75 Å². The number of nitrogens with zero attached hydrogens (tertiary/aromatic N) is 1. The summed E-state index contributed by atoms with van der Waals surface area (Å²) in [5.74, 6) is 2.58. The van der Waals surface area contributed by atoms with Crippen molar-refractivity contribution >= 4 is 5.91 Å². The first-order valence-corrected chi connectivity index (χ1v) is 12.0. The Morgan fingerprint density at radius 2 is 1.77 bits per heavy atom. The average molecular weight is 415 g/mol. The van der Waals surface area contributed by atoms with Crippen molar-refractivity contribution in [3.05, 3.63) is 29.8 Å². The summed E-state index contributed by atoms with van der Waals surface area (Å²) in [6, 6.07) is 8.93. The van der Waals surface area contributed by atoms with E-state index in [0.717, 1.165) is 44.1 Å². The first-order valence-electron chi connectivity index (χ1n) is 12.0. The Morgan fingerprint density at radius 3 is 2.40 bits per heavy atom. The second kappa shape index (κ2) is 10.7. The molecule has 1 aliphatic carbocycles. The molecular weight excluding hydrogens is 372 g/mol. The van der Waals surface area contributed by atoms with Crippen molar-refractivity contribution in [2.24, 2.45) is 11.3 Å². The van der Waals surface area contributed by atoms with Crippen LogP contribution in [0, 0.1) is 11.3 Å². The first-order chi connectivity index (χ1) is 14.4. The summed E-state index contributed by atoms with van der Waals surface area (Å²) in [6.45, 7) is 8.98. The van der Waals surface area contributed by atoms with E-state index < -0.39 is 0 Å². The molecule has 0 spiro atoms. The Bertz CT molecular complexity index is 668. The number of carbonyl (C=O) groups is 1. The second-order valence-corrected chi connectivity index (χ2v) is 10.4. The van der Waals surface area contributed by atoms with Gasteiger partial charge in [0.25, 0.3) is 0 Å². The average Bonchev–Trinajstić information content (AvgIpc) is 2.76. The first kappa shape index (κ1) is 23.1. The molecule has 1 aliphatic heterocycles. The molecule has 1 atom stereocenters.